The first kappa shape index (κ1) is 19.3. The van der Waals surface area contributed by atoms with Crippen molar-refractivity contribution in [3.8, 4) is 0 Å². The van der Waals surface area contributed by atoms with Gasteiger partial charge in [-0.25, -0.2) is 9.97 Å². The highest BCUT2D eigenvalue weighted by molar-refractivity contribution is 6.09. The molecule has 6 nitrogen and oxygen atoms in total. The maximum atomic E-state index is 12.7. The molecule has 0 fully saturated rings. The number of benzene rings is 1. The Kier molecular flexibility index (Phi) is 5.01. The van der Waals surface area contributed by atoms with E-state index in [1.165, 1.54) is 24.4 Å². The molecule has 3 heterocycles. The molecule has 1 amide bonds. The summed E-state index contributed by atoms with van der Waals surface area (Å²) in [5, 5.41) is 7.35. The Hall–Kier alpha value is -4.01. The minimum atomic E-state index is -4.46. The van der Waals surface area contributed by atoms with Gasteiger partial charge in [0.05, 0.1) is 17.4 Å². The van der Waals surface area contributed by atoms with Crippen LogP contribution in [0.25, 0.3) is 10.8 Å². The van der Waals surface area contributed by atoms with E-state index < -0.39 is 11.7 Å². The zero-order chi connectivity index (χ0) is 21.1. The number of aromatic nitrogens is 3. The van der Waals surface area contributed by atoms with Crippen LogP contribution < -0.4 is 10.6 Å². The summed E-state index contributed by atoms with van der Waals surface area (Å²) in [4.78, 5) is 24.6. The van der Waals surface area contributed by atoms with Gasteiger partial charge in [0.25, 0.3) is 5.91 Å². The van der Waals surface area contributed by atoms with Crippen LogP contribution in [-0.4, -0.2) is 20.9 Å². The van der Waals surface area contributed by atoms with E-state index in [1.807, 2.05) is 24.3 Å². The third-order valence-electron chi connectivity index (χ3n) is 4.29. The van der Waals surface area contributed by atoms with Crippen LogP contribution in [0, 0.1) is 0 Å². The van der Waals surface area contributed by atoms with E-state index in [2.05, 4.69) is 25.6 Å². The summed E-state index contributed by atoms with van der Waals surface area (Å²) < 4.78 is 37.9. The average molecular weight is 409 g/mol. The summed E-state index contributed by atoms with van der Waals surface area (Å²) in [7, 11) is 0. The molecule has 4 rings (SSSR count). The van der Waals surface area contributed by atoms with Crippen molar-refractivity contribution in [1.29, 1.82) is 0 Å². The molecule has 0 spiro atoms. The fourth-order valence-electron chi connectivity index (χ4n) is 2.82. The predicted octanol–water partition coefficient (Wildman–Crippen LogP) is 5.04. The zero-order valence-electron chi connectivity index (χ0n) is 15.3. The van der Waals surface area contributed by atoms with Gasteiger partial charge in [0.1, 0.15) is 11.6 Å². The third kappa shape index (κ3) is 4.19. The second-order valence-corrected chi connectivity index (χ2v) is 6.35. The molecule has 0 saturated heterocycles. The summed E-state index contributed by atoms with van der Waals surface area (Å²) in [5.41, 5.74) is 0.0269. The topological polar surface area (TPSA) is 79.8 Å². The van der Waals surface area contributed by atoms with Crippen molar-refractivity contribution in [3.05, 3.63) is 84.4 Å². The highest BCUT2D eigenvalue weighted by Gasteiger charge is 2.30. The van der Waals surface area contributed by atoms with E-state index in [1.54, 1.807) is 12.4 Å². The minimum absolute atomic E-state index is 0.173. The Balaban J connectivity index is 1.52. The van der Waals surface area contributed by atoms with Crippen LogP contribution in [0.1, 0.15) is 15.9 Å². The number of anilines is 3. The number of amides is 1. The quantitative estimate of drug-likeness (QED) is 0.494. The lowest BCUT2D eigenvalue weighted by Crippen LogP contribution is -2.13. The van der Waals surface area contributed by atoms with Crippen molar-refractivity contribution in [3.63, 3.8) is 0 Å². The second kappa shape index (κ2) is 7.78. The zero-order valence-corrected chi connectivity index (χ0v) is 15.3. The van der Waals surface area contributed by atoms with E-state index in [0.717, 1.165) is 23.0 Å². The molecule has 2 N–H and O–H groups in total. The van der Waals surface area contributed by atoms with E-state index in [0.29, 0.717) is 11.3 Å². The highest BCUT2D eigenvalue weighted by atomic mass is 19.4. The molecule has 0 aliphatic rings. The Morgan fingerprint density at radius 2 is 1.73 bits per heavy atom. The van der Waals surface area contributed by atoms with Gasteiger partial charge in [0, 0.05) is 34.9 Å². The smallest absolute Gasteiger partial charge is 0.325 e. The standard InChI is InChI=1S/C21H14F3N5O/c22-21(23,24)15-5-6-18(27-11-15)29-19-9-13(7-8-26-19)20(30)28-17-12-25-10-14-3-1-2-4-16(14)17/h1-12H,(H,28,30)(H,26,27,29). The van der Waals surface area contributed by atoms with Crippen LogP contribution in [0.4, 0.5) is 30.5 Å². The minimum Gasteiger partial charge on any atom is -0.325 e. The van der Waals surface area contributed by atoms with Gasteiger partial charge in [-0.1, -0.05) is 24.3 Å². The Labute approximate surface area is 168 Å². The molecule has 0 aliphatic heterocycles. The van der Waals surface area contributed by atoms with Crippen molar-refractivity contribution in [1.82, 2.24) is 15.0 Å². The van der Waals surface area contributed by atoms with Crippen molar-refractivity contribution < 1.29 is 18.0 Å². The molecule has 9 heteroatoms. The number of halogens is 3. The fourth-order valence-corrected chi connectivity index (χ4v) is 2.82. The molecule has 4 aromatic rings. The maximum absolute atomic E-state index is 12.7. The highest BCUT2D eigenvalue weighted by Crippen LogP contribution is 2.29. The number of nitrogens with one attached hydrogen (secondary N) is 2. The van der Waals surface area contributed by atoms with Crippen molar-refractivity contribution in [2.24, 2.45) is 0 Å². The SMILES string of the molecule is O=C(Nc1cncc2ccccc12)c1ccnc(Nc2ccc(C(F)(F)F)cn2)c1. The van der Waals surface area contributed by atoms with Crippen LogP contribution in [0.15, 0.2) is 73.3 Å². The van der Waals surface area contributed by atoms with Crippen molar-refractivity contribution in [2.75, 3.05) is 10.6 Å². The van der Waals surface area contributed by atoms with Gasteiger partial charge in [0.15, 0.2) is 0 Å². The number of hydrogen-bond donors (Lipinski definition) is 2. The monoisotopic (exact) mass is 409 g/mol. The lowest BCUT2D eigenvalue weighted by molar-refractivity contribution is -0.137. The number of alkyl halides is 3. The van der Waals surface area contributed by atoms with E-state index >= 15 is 0 Å². The Morgan fingerprint density at radius 3 is 2.50 bits per heavy atom. The van der Waals surface area contributed by atoms with Crippen LogP contribution in [0.3, 0.4) is 0 Å². The first-order chi connectivity index (χ1) is 14.4. The molecule has 0 bridgehead atoms. The fraction of sp³-hybridized carbons (Fsp3) is 0.0476. The third-order valence-corrected chi connectivity index (χ3v) is 4.29. The molecular weight excluding hydrogens is 395 g/mol. The van der Waals surface area contributed by atoms with Gasteiger partial charge in [-0.2, -0.15) is 13.2 Å². The summed E-state index contributed by atoms with van der Waals surface area (Å²) in [5.74, 6) is 0.0660. The molecule has 0 aliphatic carbocycles. The van der Waals surface area contributed by atoms with Crippen molar-refractivity contribution >= 4 is 34.0 Å². The van der Waals surface area contributed by atoms with Gasteiger partial charge < -0.3 is 10.6 Å². The van der Waals surface area contributed by atoms with Gasteiger partial charge in [-0.15, -0.1) is 0 Å². The number of carbonyl (C=O) groups is 1. The summed E-state index contributed by atoms with van der Waals surface area (Å²) in [6, 6.07) is 12.6. The Bertz CT molecular complexity index is 1200. The molecule has 3 aromatic heterocycles. The molecular formula is C21H14F3N5O. The lowest BCUT2D eigenvalue weighted by atomic mass is 10.1. The first-order valence-corrected chi connectivity index (χ1v) is 8.80. The molecule has 150 valence electrons. The van der Waals surface area contributed by atoms with Crippen LogP contribution in [0.2, 0.25) is 0 Å². The van der Waals surface area contributed by atoms with E-state index in [-0.39, 0.29) is 17.5 Å². The van der Waals surface area contributed by atoms with E-state index in [4.69, 9.17) is 0 Å². The molecule has 1 aromatic carbocycles. The molecule has 0 saturated carbocycles. The number of nitrogens with zero attached hydrogens (tertiary/aromatic N) is 3. The molecule has 0 atom stereocenters. The second-order valence-electron chi connectivity index (χ2n) is 6.35. The van der Waals surface area contributed by atoms with Crippen molar-refractivity contribution in [2.45, 2.75) is 6.18 Å². The van der Waals surface area contributed by atoms with Gasteiger partial charge in [0.2, 0.25) is 0 Å². The molecule has 0 unspecified atom stereocenters. The molecule has 0 radical (unpaired) electrons. The number of carbonyl (C=O) groups excluding carboxylic acids is 1. The van der Waals surface area contributed by atoms with E-state index in [9.17, 15) is 18.0 Å². The van der Waals surface area contributed by atoms with Crippen LogP contribution >= 0.6 is 0 Å². The number of fused-ring (bicyclic) bond motifs is 1. The Morgan fingerprint density at radius 1 is 0.900 bits per heavy atom. The number of hydrogen-bond acceptors (Lipinski definition) is 5. The van der Waals surface area contributed by atoms with Gasteiger partial charge in [-0.05, 0) is 24.3 Å². The normalized spacial score (nSPS) is 11.3. The lowest BCUT2D eigenvalue weighted by Gasteiger charge is -2.10. The van der Waals surface area contributed by atoms with Gasteiger partial charge >= 0.3 is 6.18 Å². The summed E-state index contributed by atoms with van der Waals surface area (Å²) in [6.07, 6.45) is 0.955. The average Bonchev–Trinajstić information content (AvgIpc) is 2.74. The number of pyridine rings is 3. The predicted molar refractivity (Wildman–Crippen MR) is 106 cm³/mol. The maximum Gasteiger partial charge on any atom is 0.417 e. The summed E-state index contributed by atoms with van der Waals surface area (Å²) >= 11 is 0. The largest absolute Gasteiger partial charge is 0.417 e. The summed E-state index contributed by atoms with van der Waals surface area (Å²) in [6.45, 7) is 0. The number of rotatable bonds is 4. The molecule has 30 heavy (non-hydrogen) atoms. The van der Waals surface area contributed by atoms with Crippen LogP contribution in [-0.2, 0) is 6.18 Å². The van der Waals surface area contributed by atoms with Crippen LogP contribution in [0.5, 0.6) is 0 Å². The first-order valence-electron chi connectivity index (χ1n) is 8.80. The van der Waals surface area contributed by atoms with Gasteiger partial charge in [-0.3, -0.25) is 9.78 Å².